The van der Waals surface area contributed by atoms with Gasteiger partial charge < -0.3 is 23.7 Å². The predicted molar refractivity (Wildman–Crippen MR) is 77.3 cm³/mol. The van der Waals surface area contributed by atoms with Crippen LogP contribution < -0.4 is 0 Å². The third-order valence-electron chi connectivity index (χ3n) is 3.28. The van der Waals surface area contributed by atoms with Gasteiger partial charge in [0.25, 0.3) is 0 Å². The van der Waals surface area contributed by atoms with E-state index < -0.39 is 54.4 Å². The number of ether oxygens (including phenoxy) is 5. The summed E-state index contributed by atoms with van der Waals surface area (Å²) in [5, 5.41) is 0. The van der Waals surface area contributed by atoms with Crippen LogP contribution in [-0.2, 0) is 42.9 Å². The lowest BCUT2D eigenvalue weighted by atomic mass is 9.92. The molecule has 0 radical (unpaired) electrons. The van der Waals surface area contributed by atoms with E-state index in [4.69, 9.17) is 23.7 Å². The Balaban J connectivity index is 3.08. The number of hydrogen-bond acceptors (Lipinski definition) is 9. The zero-order valence-electron chi connectivity index (χ0n) is 14.3. The minimum Gasteiger partial charge on any atom is -0.463 e. The first-order valence-electron chi connectivity index (χ1n) is 7.42. The lowest BCUT2D eigenvalue weighted by Gasteiger charge is -2.43. The van der Waals surface area contributed by atoms with Crippen molar-refractivity contribution in [2.75, 3.05) is 6.61 Å². The molecule has 0 N–H and O–H groups in total. The topological polar surface area (TPSA) is 114 Å². The second kappa shape index (κ2) is 8.62. The number of rotatable bonds is 5. The minimum absolute atomic E-state index is 0.254. The SMILES string of the molecule is CC(=O)OCC1OC(OC(C)=O)C(C)[C@@H](OC(C)=O)[C@H]1OC(C)=O. The van der Waals surface area contributed by atoms with Crippen molar-refractivity contribution >= 4 is 23.9 Å². The Morgan fingerprint density at radius 1 is 0.792 bits per heavy atom. The Kier molecular flexibility index (Phi) is 7.15. The number of esters is 4. The summed E-state index contributed by atoms with van der Waals surface area (Å²) < 4.78 is 26.0. The number of carbonyl (C=O) groups is 4. The Morgan fingerprint density at radius 2 is 1.29 bits per heavy atom. The van der Waals surface area contributed by atoms with Crippen molar-refractivity contribution in [1.29, 1.82) is 0 Å². The Labute approximate surface area is 139 Å². The summed E-state index contributed by atoms with van der Waals surface area (Å²) in [6.07, 6.45) is -3.93. The molecule has 0 aromatic heterocycles. The van der Waals surface area contributed by atoms with Crippen molar-refractivity contribution in [3.05, 3.63) is 0 Å². The molecule has 1 saturated heterocycles. The summed E-state index contributed by atoms with van der Waals surface area (Å²) in [5.41, 5.74) is 0. The van der Waals surface area contributed by atoms with Crippen LogP contribution in [0.15, 0.2) is 0 Å². The van der Waals surface area contributed by atoms with Gasteiger partial charge in [0, 0.05) is 27.7 Å². The van der Waals surface area contributed by atoms with E-state index in [1.807, 2.05) is 0 Å². The van der Waals surface area contributed by atoms with Crippen LogP contribution >= 0.6 is 0 Å². The normalized spacial score (nSPS) is 29.3. The minimum atomic E-state index is -1.04. The lowest BCUT2D eigenvalue weighted by Crippen LogP contribution is -2.58. The maximum Gasteiger partial charge on any atom is 0.304 e. The van der Waals surface area contributed by atoms with Gasteiger partial charge in [0.05, 0.1) is 5.92 Å². The van der Waals surface area contributed by atoms with E-state index in [0.29, 0.717) is 0 Å². The van der Waals surface area contributed by atoms with E-state index in [1.54, 1.807) is 6.92 Å². The Hall–Kier alpha value is -2.16. The van der Waals surface area contributed by atoms with Gasteiger partial charge in [0.15, 0.2) is 6.10 Å². The van der Waals surface area contributed by atoms with Crippen LogP contribution in [0.2, 0.25) is 0 Å². The molecule has 1 aliphatic heterocycles. The van der Waals surface area contributed by atoms with Crippen molar-refractivity contribution in [3.63, 3.8) is 0 Å². The largest absolute Gasteiger partial charge is 0.463 e. The molecule has 3 unspecified atom stereocenters. The Morgan fingerprint density at radius 3 is 1.75 bits per heavy atom. The molecule has 24 heavy (non-hydrogen) atoms. The summed E-state index contributed by atoms with van der Waals surface area (Å²) in [5.74, 6) is -2.97. The molecule has 0 bridgehead atoms. The molecular formula is C15H22O9. The van der Waals surface area contributed by atoms with Crippen LogP contribution in [0, 0.1) is 5.92 Å². The molecule has 0 aromatic rings. The maximum absolute atomic E-state index is 11.4. The first-order valence-corrected chi connectivity index (χ1v) is 7.42. The van der Waals surface area contributed by atoms with Crippen molar-refractivity contribution in [2.45, 2.75) is 59.2 Å². The van der Waals surface area contributed by atoms with Crippen molar-refractivity contribution in [2.24, 2.45) is 5.92 Å². The zero-order chi connectivity index (χ0) is 18.4. The smallest absolute Gasteiger partial charge is 0.304 e. The highest BCUT2D eigenvalue weighted by Gasteiger charge is 2.49. The zero-order valence-corrected chi connectivity index (χ0v) is 14.3. The molecule has 1 heterocycles. The molecule has 1 fully saturated rings. The van der Waals surface area contributed by atoms with E-state index in [9.17, 15) is 19.2 Å². The fourth-order valence-corrected chi connectivity index (χ4v) is 2.37. The van der Waals surface area contributed by atoms with Gasteiger partial charge in [-0.2, -0.15) is 0 Å². The standard InChI is InChI=1S/C15H22O9/c1-7-13(21-9(3)17)14(22-10(4)18)12(6-20-8(2)16)24-15(7)23-11(5)19/h7,12-15H,6H2,1-5H3/t7?,12?,13-,14+,15?/m1/s1. The van der Waals surface area contributed by atoms with Gasteiger partial charge in [0.1, 0.15) is 18.8 Å². The number of carbonyl (C=O) groups excluding carboxylic acids is 4. The van der Waals surface area contributed by atoms with Gasteiger partial charge >= 0.3 is 23.9 Å². The Bertz CT molecular complexity index is 485. The van der Waals surface area contributed by atoms with E-state index in [0.717, 1.165) is 0 Å². The summed E-state index contributed by atoms with van der Waals surface area (Å²) in [7, 11) is 0. The first-order chi connectivity index (χ1) is 11.1. The van der Waals surface area contributed by atoms with Gasteiger partial charge in [-0.05, 0) is 0 Å². The van der Waals surface area contributed by atoms with E-state index >= 15 is 0 Å². The van der Waals surface area contributed by atoms with Gasteiger partial charge in [-0.25, -0.2) is 0 Å². The summed E-state index contributed by atoms with van der Waals surface area (Å²) in [6, 6.07) is 0. The average Bonchev–Trinajstić information content (AvgIpc) is 2.42. The van der Waals surface area contributed by atoms with Crippen LogP contribution in [-0.4, -0.2) is 55.1 Å². The third kappa shape index (κ3) is 5.80. The van der Waals surface area contributed by atoms with Crippen LogP contribution in [0.25, 0.3) is 0 Å². The van der Waals surface area contributed by atoms with Crippen LogP contribution in [0.1, 0.15) is 34.6 Å². The van der Waals surface area contributed by atoms with Gasteiger partial charge in [0.2, 0.25) is 6.29 Å². The molecule has 0 spiro atoms. The molecule has 0 aliphatic carbocycles. The molecule has 9 heteroatoms. The maximum atomic E-state index is 11.4. The molecular weight excluding hydrogens is 324 g/mol. The highest BCUT2D eigenvalue weighted by Crippen LogP contribution is 2.31. The van der Waals surface area contributed by atoms with Crippen molar-refractivity contribution in [1.82, 2.24) is 0 Å². The van der Waals surface area contributed by atoms with Crippen molar-refractivity contribution < 1.29 is 42.9 Å². The fraction of sp³-hybridized carbons (Fsp3) is 0.733. The summed E-state index contributed by atoms with van der Waals surface area (Å²) in [6.45, 7) is 6.18. The lowest BCUT2D eigenvalue weighted by molar-refractivity contribution is -0.281. The van der Waals surface area contributed by atoms with Crippen LogP contribution in [0.4, 0.5) is 0 Å². The first kappa shape index (κ1) is 19.9. The van der Waals surface area contributed by atoms with E-state index in [2.05, 4.69) is 0 Å². The average molecular weight is 346 g/mol. The molecule has 0 amide bonds. The van der Waals surface area contributed by atoms with Gasteiger partial charge in [-0.15, -0.1) is 0 Å². The molecule has 1 rings (SSSR count). The molecule has 136 valence electrons. The van der Waals surface area contributed by atoms with Gasteiger partial charge in [-0.3, -0.25) is 19.2 Å². The summed E-state index contributed by atoms with van der Waals surface area (Å²) in [4.78, 5) is 45.1. The second-order valence-electron chi connectivity index (χ2n) is 5.46. The molecule has 9 nitrogen and oxygen atoms in total. The highest BCUT2D eigenvalue weighted by molar-refractivity contribution is 5.68. The van der Waals surface area contributed by atoms with Crippen LogP contribution in [0.3, 0.4) is 0 Å². The van der Waals surface area contributed by atoms with Gasteiger partial charge in [-0.1, -0.05) is 6.92 Å². The summed E-state index contributed by atoms with van der Waals surface area (Å²) >= 11 is 0. The number of hydrogen-bond donors (Lipinski definition) is 0. The molecule has 0 saturated carbocycles. The molecule has 1 aliphatic rings. The molecule has 5 atom stereocenters. The van der Waals surface area contributed by atoms with Crippen LogP contribution in [0.5, 0.6) is 0 Å². The highest BCUT2D eigenvalue weighted by atomic mass is 16.7. The van der Waals surface area contributed by atoms with Crippen molar-refractivity contribution in [3.8, 4) is 0 Å². The van der Waals surface area contributed by atoms with E-state index in [-0.39, 0.29) is 6.61 Å². The van der Waals surface area contributed by atoms with E-state index in [1.165, 1.54) is 27.7 Å². The monoisotopic (exact) mass is 346 g/mol. The second-order valence-corrected chi connectivity index (χ2v) is 5.46. The predicted octanol–water partition coefficient (Wildman–Crippen LogP) is 0.337. The quantitative estimate of drug-likeness (QED) is 0.513. The fourth-order valence-electron chi connectivity index (χ4n) is 2.37. The third-order valence-corrected chi connectivity index (χ3v) is 3.28. The molecule has 0 aromatic carbocycles.